The van der Waals surface area contributed by atoms with E-state index in [0.29, 0.717) is 12.3 Å². The summed E-state index contributed by atoms with van der Waals surface area (Å²) in [6.45, 7) is 0.420. The molecule has 4 N–H and O–H groups in total. The number of aromatic hydroxyl groups is 1. The predicted octanol–water partition coefficient (Wildman–Crippen LogP) is 1.40. The minimum Gasteiger partial charge on any atom is -0.504 e. The second-order valence-electron chi connectivity index (χ2n) is 5.00. The van der Waals surface area contributed by atoms with Gasteiger partial charge in [-0.15, -0.1) is 0 Å². The van der Waals surface area contributed by atoms with Gasteiger partial charge in [-0.05, 0) is 25.0 Å². The zero-order valence-corrected chi connectivity index (χ0v) is 11.1. The Bertz CT molecular complexity index is 468. The van der Waals surface area contributed by atoms with Crippen LogP contribution in [0.5, 0.6) is 11.5 Å². The summed E-state index contributed by atoms with van der Waals surface area (Å²) in [4.78, 5) is 12.3. The summed E-state index contributed by atoms with van der Waals surface area (Å²) < 4.78 is 5.00. The van der Waals surface area contributed by atoms with Gasteiger partial charge in [-0.3, -0.25) is 4.79 Å². The van der Waals surface area contributed by atoms with E-state index in [0.717, 1.165) is 25.7 Å². The van der Waals surface area contributed by atoms with E-state index in [-0.39, 0.29) is 22.8 Å². The van der Waals surface area contributed by atoms with Crippen molar-refractivity contribution in [3.8, 4) is 11.5 Å². The number of carbonyl (C=O) groups is 1. The van der Waals surface area contributed by atoms with Gasteiger partial charge in [0.2, 0.25) is 0 Å². The normalized spacial score (nSPS) is 17.2. The molecule has 1 aliphatic rings. The maximum absolute atomic E-state index is 12.3. The Balaban J connectivity index is 2.20. The van der Waals surface area contributed by atoms with E-state index >= 15 is 0 Å². The van der Waals surface area contributed by atoms with E-state index in [9.17, 15) is 9.90 Å². The van der Waals surface area contributed by atoms with Crippen LogP contribution in [0.3, 0.4) is 0 Å². The minimum absolute atomic E-state index is 0.132. The number of amides is 1. The number of ether oxygens (including phenoxy) is 1. The van der Waals surface area contributed by atoms with Crippen molar-refractivity contribution in [3.05, 3.63) is 23.8 Å². The zero-order chi connectivity index (χ0) is 13.9. The van der Waals surface area contributed by atoms with Crippen LogP contribution in [0.2, 0.25) is 0 Å². The molecule has 19 heavy (non-hydrogen) atoms. The van der Waals surface area contributed by atoms with Crippen LogP contribution in [-0.4, -0.2) is 30.2 Å². The molecule has 0 aromatic heterocycles. The lowest BCUT2D eigenvalue weighted by atomic mass is 9.97. The first kappa shape index (κ1) is 13.7. The fourth-order valence-electron chi connectivity index (χ4n) is 2.61. The number of nitrogens with two attached hydrogens (primary N) is 1. The van der Waals surface area contributed by atoms with Crippen molar-refractivity contribution < 1.29 is 14.6 Å². The first-order chi connectivity index (χ1) is 9.12. The van der Waals surface area contributed by atoms with Gasteiger partial charge in [0.05, 0.1) is 18.2 Å². The van der Waals surface area contributed by atoms with Crippen molar-refractivity contribution in [2.75, 3.05) is 13.7 Å². The Morgan fingerprint density at radius 3 is 2.74 bits per heavy atom. The Morgan fingerprint density at radius 1 is 1.47 bits per heavy atom. The Labute approximate surface area is 112 Å². The van der Waals surface area contributed by atoms with Crippen LogP contribution < -0.4 is 15.8 Å². The van der Waals surface area contributed by atoms with Gasteiger partial charge >= 0.3 is 0 Å². The molecule has 0 spiro atoms. The first-order valence-electron chi connectivity index (χ1n) is 6.50. The molecule has 2 rings (SSSR count). The van der Waals surface area contributed by atoms with Crippen LogP contribution in [0.15, 0.2) is 18.2 Å². The SMILES string of the molecule is COc1cccc(C(=O)NC2(CN)CCCC2)c1O. The highest BCUT2D eigenvalue weighted by Gasteiger charge is 2.34. The number of carbonyl (C=O) groups excluding carboxylic acids is 1. The molecule has 1 amide bonds. The monoisotopic (exact) mass is 264 g/mol. The summed E-state index contributed by atoms with van der Waals surface area (Å²) in [6, 6.07) is 4.87. The van der Waals surface area contributed by atoms with Crippen LogP contribution in [0, 0.1) is 0 Å². The van der Waals surface area contributed by atoms with E-state index in [1.165, 1.54) is 7.11 Å². The second-order valence-corrected chi connectivity index (χ2v) is 5.00. The molecule has 1 fully saturated rings. The van der Waals surface area contributed by atoms with Gasteiger partial charge in [0.1, 0.15) is 0 Å². The standard InChI is InChI=1S/C14H20N2O3/c1-19-11-6-4-5-10(12(11)17)13(18)16-14(9-15)7-2-3-8-14/h4-6,17H,2-3,7-9,15H2,1H3,(H,16,18). The van der Waals surface area contributed by atoms with Gasteiger partial charge in [0, 0.05) is 6.54 Å². The zero-order valence-electron chi connectivity index (χ0n) is 11.1. The molecule has 0 atom stereocenters. The lowest BCUT2D eigenvalue weighted by Gasteiger charge is -2.28. The molecule has 1 saturated carbocycles. The van der Waals surface area contributed by atoms with Crippen molar-refractivity contribution in [1.29, 1.82) is 0 Å². The van der Waals surface area contributed by atoms with Gasteiger partial charge in [-0.1, -0.05) is 18.9 Å². The molecule has 0 unspecified atom stereocenters. The van der Waals surface area contributed by atoms with Crippen molar-refractivity contribution in [3.63, 3.8) is 0 Å². The molecule has 1 aromatic rings. The second kappa shape index (κ2) is 5.48. The molecule has 0 bridgehead atoms. The Hall–Kier alpha value is -1.75. The molecule has 0 radical (unpaired) electrons. The number of nitrogens with one attached hydrogen (secondary N) is 1. The lowest BCUT2D eigenvalue weighted by molar-refractivity contribution is 0.0899. The van der Waals surface area contributed by atoms with Crippen molar-refractivity contribution >= 4 is 5.91 Å². The number of phenols is 1. The molecule has 104 valence electrons. The summed E-state index contributed by atoms with van der Waals surface area (Å²) in [5.41, 5.74) is 5.68. The van der Waals surface area contributed by atoms with E-state index in [4.69, 9.17) is 10.5 Å². The number of phenolic OH excluding ortho intramolecular Hbond substituents is 1. The summed E-state index contributed by atoms with van der Waals surface area (Å²) in [7, 11) is 1.45. The largest absolute Gasteiger partial charge is 0.504 e. The third kappa shape index (κ3) is 2.66. The molecular weight excluding hydrogens is 244 g/mol. The molecule has 1 aromatic carbocycles. The summed E-state index contributed by atoms with van der Waals surface area (Å²) in [6.07, 6.45) is 3.92. The maximum atomic E-state index is 12.3. The van der Waals surface area contributed by atoms with E-state index in [2.05, 4.69) is 5.32 Å². The Kier molecular flexibility index (Phi) is 3.95. The third-order valence-electron chi connectivity index (χ3n) is 3.79. The summed E-state index contributed by atoms with van der Waals surface area (Å²) in [5.74, 6) is -0.141. The number of para-hydroxylation sites is 1. The molecule has 1 aliphatic carbocycles. The van der Waals surface area contributed by atoms with Crippen LogP contribution in [0.1, 0.15) is 36.0 Å². The maximum Gasteiger partial charge on any atom is 0.255 e. The van der Waals surface area contributed by atoms with Crippen LogP contribution in [0.4, 0.5) is 0 Å². The highest BCUT2D eigenvalue weighted by Crippen LogP contribution is 2.32. The molecule has 0 saturated heterocycles. The van der Waals surface area contributed by atoms with Gasteiger partial charge in [-0.2, -0.15) is 0 Å². The molecule has 0 heterocycles. The smallest absolute Gasteiger partial charge is 0.255 e. The van der Waals surface area contributed by atoms with Gasteiger partial charge < -0.3 is 20.9 Å². The summed E-state index contributed by atoms with van der Waals surface area (Å²) in [5, 5.41) is 12.9. The number of hydrogen-bond donors (Lipinski definition) is 3. The minimum atomic E-state index is -0.327. The van der Waals surface area contributed by atoms with Crippen LogP contribution in [0.25, 0.3) is 0 Å². The highest BCUT2D eigenvalue weighted by atomic mass is 16.5. The highest BCUT2D eigenvalue weighted by molar-refractivity contribution is 5.98. The molecular formula is C14H20N2O3. The average molecular weight is 264 g/mol. The molecule has 5 nitrogen and oxygen atoms in total. The number of hydrogen-bond acceptors (Lipinski definition) is 4. The van der Waals surface area contributed by atoms with Gasteiger partial charge in [0.15, 0.2) is 11.5 Å². The molecule has 0 aliphatic heterocycles. The lowest BCUT2D eigenvalue weighted by Crippen LogP contribution is -2.51. The third-order valence-corrected chi connectivity index (χ3v) is 3.79. The number of methoxy groups -OCH3 is 1. The quantitative estimate of drug-likeness (QED) is 0.767. The van der Waals surface area contributed by atoms with Crippen molar-refractivity contribution in [2.24, 2.45) is 5.73 Å². The van der Waals surface area contributed by atoms with Crippen LogP contribution in [-0.2, 0) is 0 Å². The van der Waals surface area contributed by atoms with Crippen molar-refractivity contribution in [2.45, 2.75) is 31.2 Å². The average Bonchev–Trinajstić information content (AvgIpc) is 2.88. The number of benzene rings is 1. The molecule has 5 heteroatoms. The number of rotatable bonds is 4. The van der Waals surface area contributed by atoms with E-state index in [1.807, 2.05) is 0 Å². The van der Waals surface area contributed by atoms with Gasteiger partial charge in [0.25, 0.3) is 5.91 Å². The topological polar surface area (TPSA) is 84.6 Å². The van der Waals surface area contributed by atoms with E-state index in [1.54, 1.807) is 18.2 Å². The summed E-state index contributed by atoms with van der Waals surface area (Å²) >= 11 is 0. The fourth-order valence-corrected chi connectivity index (χ4v) is 2.61. The van der Waals surface area contributed by atoms with Crippen molar-refractivity contribution in [1.82, 2.24) is 5.32 Å². The Morgan fingerprint density at radius 2 is 2.16 bits per heavy atom. The van der Waals surface area contributed by atoms with Crippen LogP contribution >= 0.6 is 0 Å². The van der Waals surface area contributed by atoms with Gasteiger partial charge in [-0.25, -0.2) is 0 Å². The van der Waals surface area contributed by atoms with E-state index < -0.39 is 0 Å². The predicted molar refractivity (Wildman–Crippen MR) is 72.4 cm³/mol. The fraction of sp³-hybridized carbons (Fsp3) is 0.500. The first-order valence-corrected chi connectivity index (χ1v) is 6.50.